The van der Waals surface area contributed by atoms with Crippen LogP contribution < -0.4 is 19.8 Å². The zero-order chi connectivity index (χ0) is 25.3. The Bertz CT molecular complexity index is 1390. The minimum absolute atomic E-state index is 0.112. The molecular formula is C21H20F3N7O3S. The number of fused-ring (bicyclic) bond motifs is 1. The lowest BCUT2D eigenvalue weighted by atomic mass is 10.1. The maximum atomic E-state index is 14.6. The number of nitrogens with one attached hydrogen (secondary N) is 2. The zero-order valence-corrected chi connectivity index (χ0v) is 19.4. The van der Waals surface area contributed by atoms with Crippen LogP contribution in [0.1, 0.15) is 11.1 Å². The molecule has 1 amide bonds. The van der Waals surface area contributed by atoms with Crippen molar-refractivity contribution in [1.82, 2.24) is 15.0 Å². The molecule has 0 spiro atoms. The lowest BCUT2D eigenvalue weighted by Gasteiger charge is -2.26. The first-order valence-corrected chi connectivity index (χ1v) is 12.0. The van der Waals surface area contributed by atoms with Crippen LogP contribution in [0.25, 0.3) is 0 Å². The highest BCUT2D eigenvalue weighted by Gasteiger charge is 2.26. The highest BCUT2D eigenvalue weighted by molar-refractivity contribution is 7.92. The maximum absolute atomic E-state index is 14.6. The number of carbonyl (C=O) groups excluding carboxylic acids is 1. The maximum Gasteiger partial charge on any atom is 0.316 e. The van der Waals surface area contributed by atoms with Gasteiger partial charge in [0.2, 0.25) is 21.9 Å². The van der Waals surface area contributed by atoms with Crippen molar-refractivity contribution in [2.24, 2.45) is 0 Å². The van der Waals surface area contributed by atoms with Gasteiger partial charge in [0.1, 0.15) is 0 Å². The van der Waals surface area contributed by atoms with E-state index in [4.69, 9.17) is 0 Å². The van der Waals surface area contributed by atoms with Gasteiger partial charge in [-0.3, -0.25) is 19.0 Å². The van der Waals surface area contributed by atoms with Crippen LogP contribution in [-0.4, -0.2) is 49.1 Å². The second kappa shape index (κ2) is 9.37. The number of pyridine rings is 1. The van der Waals surface area contributed by atoms with Crippen LogP contribution in [0.5, 0.6) is 0 Å². The fraction of sp³-hybridized carbons (Fsp3) is 0.238. The van der Waals surface area contributed by atoms with Crippen LogP contribution in [0, 0.1) is 5.82 Å². The number of anilines is 5. The van der Waals surface area contributed by atoms with Crippen molar-refractivity contribution >= 4 is 44.8 Å². The predicted molar refractivity (Wildman–Crippen MR) is 124 cm³/mol. The van der Waals surface area contributed by atoms with Crippen molar-refractivity contribution in [3.63, 3.8) is 0 Å². The Morgan fingerprint density at radius 2 is 2.00 bits per heavy atom. The van der Waals surface area contributed by atoms with E-state index >= 15 is 0 Å². The number of rotatable bonds is 8. The van der Waals surface area contributed by atoms with Gasteiger partial charge in [-0.1, -0.05) is 6.07 Å². The molecule has 184 valence electrons. The Balaban J connectivity index is 1.64. The first-order valence-electron chi connectivity index (χ1n) is 10.2. The van der Waals surface area contributed by atoms with Gasteiger partial charge < -0.3 is 10.6 Å². The first kappa shape index (κ1) is 24.2. The van der Waals surface area contributed by atoms with E-state index in [0.29, 0.717) is 16.3 Å². The Morgan fingerprint density at radius 1 is 1.23 bits per heavy atom. The van der Waals surface area contributed by atoms with Crippen molar-refractivity contribution in [1.29, 1.82) is 0 Å². The quantitative estimate of drug-likeness (QED) is 0.447. The molecule has 0 radical (unpaired) electrons. The summed E-state index contributed by atoms with van der Waals surface area (Å²) in [6.45, 7) is -3.77. The summed E-state index contributed by atoms with van der Waals surface area (Å²) in [7, 11) is -2.42. The number of aromatic nitrogens is 3. The molecule has 3 aromatic rings. The average molecular weight is 507 g/mol. The van der Waals surface area contributed by atoms with E-state index in [1.807, 2.05) is 0 Å². The standard InChI is InChI=1S/C21H20F3N7O3S/c1-30(35(2,33)34)17-5-6-25-9-13(17)11-31(20(23)24)19-15(22)10-26-21(29-19)27-14-4-3-12-7-18(32)28-16(12)8-14/h3-6,8-10,20H,7,11H2,1-2H3,(H,28,32)(H,26,27,29). The third kappa shape index (κ3) is 5.26. The molecule has 0 saturated carbocycles. The zero-order valence-electron chi connectivity index (χ0n) is 18.5. The molecule has 0 fully saturated rings. The molecular weight excluding hydrogens is 487 g/mol. The summed E-state index contributed by atoms with van der Waals surface area (Å²) in [4.78, 5) is 23.5. The van der Waals surface area contributed by atoms with Gasteiger partial charge in [-0.2, -0.15) is 13.8 Å². The Labute approximate surface area is 198 Å². The Morgan fingerprint density at radius 3 is 2.71 bits per heavy atom. The van der Waals surface area contributed by atoms with Gasteiger partial charge in [-0.15, -0.1) is 0 Å². The summed E-state index contributed by atoms with van der Waals surface area (Å²) >= 11 is 0. The molecule has 2 N–H and O–H groups in total. The van der Waals surface area contributed by atoms with E-state index in [0.717, 1.165) is 22.3 Å². The Hall–Kier alpha value is -3.94. The molecule has 10 nitrogen and oxygen atoms in total. The fourth-order valence-electron chi connectivity index (χ4n) is 3.49. The Kier molecular flexibility index (Phi) is 6.47. The molecule has 4 rings (SSSR count). The van der Waals surface area contributed by atoms with Gasteiger partial charge in [0, 0.05) is 36.4 Å². The minimum atomic E-state index is -3.69. The van der Waals surface area contributed by atoms with Crippen molar-refractivity contribution in [3.8, 4) is 0 Å². The summed E-state index contributed by atoms with van der Waals surface area (Å²) in [5, 5.41) is 5.50. The molecule has 0 saturated heterocycles. The molecule has 0 unspecified atom stereocenters. The molecule has 14 heteroatoms. The number of nitrogens with zero attached hydrogens (tertiary/aromatic N) is 5. The summed E-state index contributed by atoms with van der Waals surface area (Å²) in [6.07, 6.45) is 4.51. The monoisotopic (exact) mass is 507 g/mol. The molecule has 1 aliphatic heterocycles. The molecule has 0 atom stereocenters. The normalized spacial score (nSPS) is 12.9. The van der Waals surface area contributed by atoms with Crippen LogP contribution in [0.4, 0.5) is 42.0 Å². The largest absolute Gasteiger partial charge is 0.325 e. The predicted octanol–water partition coefficient (Wildman–Crippen LogP) is 2.87. The summed E-state index contributed by atoms with van der Waals surface area (Å²) < 4.78 is 67.5. The number of carbonyl (C=O) groups is 1. The van der Waals surface area contributed by atoms with E-state index in [1.165, 1.54) is 25.5 Å². The van der Waals surface area contributed by atoms with Crippen molar-refractivity contribution < 1.29 is 26.4 Å². The smallest absolute Gasteiger partial charge is 0.316 e. The van der Waals surface area contributed by atoms with Gasteiger partial charge in [0.05, 0.1) is 31.1 Å². The third-order valence-corrected chi connectivity index (χ3v) is 6.47. The van der Waals surface area contributed by atoms with E-state index in [9.17, 15) is 26.4 Å². The number of hydrogen-bond acceptors (Lipinski definition) is 8. The van der Waals surface area contributed by atoms with Gasteiger partial charge in [0.15, 0.2) is 11.6 Å². The van der Waals surface area contributed by atoms with E-state index in [1.54, 1.807) is 18.2 Å². The molecule has 1 aromatic carbocycles. The lowest BCUT2D eigenvalue weighted by Crippen LogP contribution is -2.32. The summed E-state index contributed by atoms with van der Waals surface area (Å²) in [5.41, 5.74) is 2.08. The molecule has 1 aliphatic rings. The van der Waals surface area contributed by atoms with E-state index in [2.05, 4.69) is 25.6 Å². The average Bonchev–Trinajstić information content (AvgIpc) is 3.17. The van der Waals surface area contributed by atoms with Crippen LogP contribution in [0.2, 0.25) is 0 Å². The van der Waals surface area contributed by atoms with Crippen LogP contribution in [-0.2, 0) is 27.8 Å². The topological polar surface area (TPSA) is 120 Å². The van der Waals surface area contributed by atoms with Gasteiger partial charge in [-0.25, -0.2) is 17.8 Å². The fourth-order valence-corrected chi connectivity index (χ4v) is 4.02. The van der Waals surface area contributed by atoms with Gasteiger partial charge in [0.25, 0.3) is 0 Å². The van der Waals surface area contributed by atoms with Crippen molar-refractivity contribution in [3.05, 3.63) is 59.8 Å². The summed E-state index contributed by atoms with van der Waals surface area (Å²) in [6, 6.07) is 6.35. The lowest BCUT2D eigenvalue weighted by molar-refractivity contribution is -0.115. The number of benzene rings is 1. The minimum Gasteiger partial charge on any atom is -0.325 e. The highest BCUT2D eigenvalue weighted by Crippen LogP contribution is 2.30. The van der Waals surface area contributed by atoms with Crippen molar-refractivity contribution in [2.45, 2.75) is 19.5 Å². The number of alkyl halides is 2. The van der Waals surface area contributed by atoms with Gasteiger partial charge >= 0.3 is 6.55 Å². The van der Waals surface area contributed by atoms with Crippen LogP contribution in [0.3, 0.4) is 0 Å². The van der Waals surface area contributed by atoms with Gasteiger partial charge in [-0.05, 0) is 23.8 Å². The second-order valence-corrected chi connectivity index (χ2v) is 9.74. The van der Waals surface area contributed by atoms with Crippen molar-refractivity contribution in [2.75, 3.05) is 33.1 Å². The number of halogens is 3. The second-order valence-electron chi connectivity index (χ2n) is 7.73. The summed E-state index contributed by atoms with van der Waals surface area (Å²) in [5.74, 6) is -2.10. The molecule has 35 heavy (non-hydrogen) atoms. The number of sulfonamides is 1. The third-order valence-electron chi connectivity index (χ3n) is 5.28. The highest BCUT2D eigenvalue weighted by atomic mass is 32.2. The molecule has 3 heterocycles. The first-order chi connectivity index (χ1) is 16.5. The SMILES string of the molecule is CN(c1ccncc1CN(c1nc(Nc2ccc3c(c2)NC(=O)C3)ncc1F)C(F)F)S(C)(=O)=O. The molecule has 0 bridgehead atoms. The van der Waals surface area contributed by atoms with Crippen LogP contribution in [0.15, 0.2) is 42.9 Å². The number of hydrogen-bond donors (Lipinski definition) is 2. The van der Waals surface area contributed by atoms with E-state index < -0.39 is 34.8 Å². The molecule has 0 aliphatic carbocycles. The number of amides is 1. The van der Waals surface area contributed by atoms with E-state index in [-0.39, 0.29) is 29.5 Å². The molecule has 2 aromatic heterocycles. The van der Waals surface area contributed by atoms with Crippen LogP contribution >= 0.6 is 0 Å².